The van der Waals surface area contributed by atoms with Gasteiger partial charge in [0.2, 0.25) is 5.89 Å². The van der Waals surface area contributed by atoms with Gasteiger partial charge in [-0.3, -0.25) is 0 Å². The lowest BCUT2D eigenvalue weighted by molar-refractivity contribution is 0.266. The summed E-state index contributed by atoms with van der Waals surface area (Å²) >= 11 is 1.91. The van der Waals surface area contributed by atoms with Crippen LogP contribution in [0.4, 0.5) is 0 Å². The van der Waals surface area contributed by atoms with Gasteiger partial charge < -0.3 is 10.3 Å². The fourth-order valence-corrected chi connectivity index (χ4v) is 3.10. The van der Waals surface area contributed by atoms with Gasteiger partial charge in [-0.2, -0.15) is 16.7 Å². The molecule has 1 aliphatic heterocycles. The fraction of sp³-hybridized carbons (Fsp3) is 0.818. The summed E-state index contributed by atoms with van der Waals surface area (Å²) in [5, 5.41) is 4.49. The van der Waals surface area contributed by atoms with Crippen molar-refractivity contribution in [3.63, 3.8) is 0 Å². The van der Waals surface area contributed by atoms with E-state index < -0.39 is 5.54 Å². The minimum absolute atomic E-state index is 0.412. The van der Waals surface area contributed by atoms with E-state index in [-0.39, 0.29) is 0 Å². The second-order valence-corrected chi connectivity index (χ2v) is 5.63. The van der Waals surface area contributed by atoms with Crippen molar-refractivity contribution in [3.05, 3.63) is 11.7 Å². The molecule has 0 aliphatic carbocycles. The molecule has 16 heavy (non-hydrogen) atoms. The Morgan fingerprint density at radius 2 is 2.25 bits per heavy atom. The molecule has 1 fully saturated rings. The van der Waals surface area contributed by atoms with Gasteiger partial charge in [0.25, 0.3) is 0 Å². The van der Waals surface area contributed by atoms with E-state index in [1.807, 2.05) is 11.8 Å². The van der Waals surface area contributed by atoms with Crippen LogP contribution in [-0.2, 0) is 5.54 Å². The topological polar surface area (TPSA) is 64.9 Å². The zero-order valence-corrected chi connectivity index (χ0v) is 10.7. The van der Waals surface area contributed by atoms with Crippen LogP contribution in [0.5, 0.6) is 0 Å². The molecule has 90 valence electrons. The molecule has 2 rings (SSSR count). The van der Waals surface area contributed by atoms with E-state index in [1.165, 1.54) is 12.2 Å². The third-order valence-electron chi connectivity index (χ3n) is 3.35. The minimum atomic E-state index is -0.450. The molecule has 1 aromatic heterocycles. The molecule has 1 aliphatic rings. The summed E-state index contributed by atoms with van der Waals surface area (Å²) in [6.07, 6.45) is 4.04. The molecule has 0 saturated carbocycles. The second kappa shape index (κ2) is 4.75. The zero-order chi connectivity index (χ0) is 11.6. The van der Waals surface area contributed by atoms with E-state index >= 15 is 0 Å². The Kier molecular flexibility index (Phi) is 3.54. The van der Waals surface area contributed by atoms with Gasteiger partial charge in [0.15, 0.2) is 5.82 Å². The first-order valence-corrected chi connectivity index (χ1v) is 6.99. The Morgan fingerprint density at radius 3 is 2.81 bits per heavy atom. The molecule has 2 heterocycles. The number of hydrogen-bond donors (Lipinski definition) is 1. The van der Waals surface area contributed by atoms with Crippen LogP contribution in [0.2, 0.25) is 0 Å². The summed E-state index contributed by atoms with van der Waals surface area (Å²) in [7, 11) is 0. The molecule has 1 atom stereocenters. The molecular weight excluding hydrogens is 222 g/mol. The van der Waals surface area contributed by atoms with Crippen molar-refractivity contribution in [2.24, 2.45) is 5.73 Å². The molecule has 0 radical (unpaired) electrons. The van der Waals surface area contributed by atoms with Crippen LogP contribution in [0.3, 0.4) is 0 Å². The van der Waals surface area contributed by atoms with Crippen LogP contribution in [0, 0.1) is 0 Å². The highest BCUT2D eigenvalue weighted by atomic mass is 32.2. The third kappa shape index (κ3) is 2.11. The highest BCUT2D eigenvalue weighted by Gasteiger charge is 2.32. The molecule has 5 heteroatoms. The van der Waals surface area contributed by atoms with Crippen LogP contribution < -0.4 is 5.73 Å². The first-order chi connectivity index (χ1) is 7.69. The van der Waals surface area contributed by atoms with Gasteiger partial charge in [-0.1, -0.05) is 19.0 Å². The molecule has 2 N–H and O–H groups in total. The van der Waals surface area contributed by atoms with Crippen molar-refractivity contribution in [2.75, 3.05) is 5.75 Å². The Morgan fingerprint density at radius 1 is 1.50 bits per heavy atom. The van der Waals surface area contributed by atoms with E-state index in [0.717, 1.165) is 25.1 Å². The average Bonchev–Trinajstić information content (AvgIpc) is 2.97. The summed E-state index contributed by atoms with van der Waals surface area (Å²) in [5.74, 6) is 2.62. The highest BCUT2D eigenvalue weighted by Crippen LogP contribution is 2.39. The Balaban J connectivity index is 2.17. The molecule has 0 aromatic carbocycles. The van der Waals surface area contributed by atoms with Gasteiger partial charge in [0.05, 0.1) is 10.8 Å². The van der Waals surface area contributed by atoms with Gasteiger partial charge >= 0.3 is 0 Å². The van der Waals surface area contributed by atoms with Crippen molar-refractivity contribution in [1.29, 1.82) is 0 Å². The van der Waals surface area contributed by atoms with Gasteiger partial charge in [0, 0.05) is 0 Å². The average molecular weight is 241 g/mol. The van der Waals surface area contributed by atoms with Crippen molar-refractivity contribution < 1.29 is 4.52 Å². The molecule has 1 saturated heterocycles. The van der Waals surface area contributed by atoms with Gasteiger partial charge in [-0.15, -0.1) is 0 Å². The lowest BCUT2D eigenvalue weighted by atomic mass is 9.94. The maximum atomic E-state index is 6.23. The molecular formula is C11H19N3OS. The Hall–Kier alpha value is -0.550. The van der Waals surface area contributed by atoms with E-state index in [0.29, 0.717) is 11.1 Å². The monoisotopic (exact) mass is 241 g/mol. The number of nitrogens with two attached hydrogens (primary N) is 1. The van der Waals surface area contributed by atoms with Gasteiger partial charge in [0.1, 0.15) is 0 Å². The molecule has 0 spiro atoms. The maximum absolute atomic E-state index is 6.23. The first kappa shape index (κ1) is 11.9. The molecule has 4 nitrogen and oxygen atoms in total. The Labute approximate surface area is 100 Å². The van der Waals surface area contributed by atoms with Crippen molar-refractivity contribution in [1.82, 2.24) is 10.1 Å². The molecule has 0 amide bonds. The summed E-state index contributed by atoms with van der Waals surface area (Å²) in [4.78, 5) is 4.48. The normalized spacial score (nSPS) is 21.6. The standard InChI is InChI=1S/C11H19N3OS/c1-3-11(12,4-2)10-13-9(14-15-10)8-6-5-7-16-8/h8H,3-7,12H2,1-2H3. The van der Waals surface area contributed by atoms with Gasteiger partial charge in [-0.05, 0) is 31.4 Å². The zero-order valence-electron chi connectivity index (χ0n) is 9.90. The number of nitrogens with zero attached hydrogens (tertiary/aromatic N) is 2. The summed E-state index contributed by atoms with van der Waals surface area (Å²) in [6.45, 7) is 4.11. The van der Waals surface area contributed by atoms with Crippen LogP contribution in [0.25, 0.3) is 0 Å². The SMILES string of the molecule is CCC(N)(CC)c1nc(C2CCCS2)no1. The quantitative estimate of drug-likeness (QED) is 0.877. The number of thioether (sulfide) groups is 1. The maximum Gasteiger partial charge on any atom is 0.246 e. The van der Waals surface area contributed by atoms with Gasteiger partial charge in [-0.25, -0.2) is 0 Å². The van der Waals surface area contributed by atoms with Crippen LogP contribution in [-0.4, -0.2) is 15.9 Å². The van der Waals surface area contributed by atoms with Crippen LogP contribution in [0.1, 0.15) is 56.5 Å². The predicted octanol–water partition coefficient (Wildman–Crippen LogP) is 2.61. The smallest absolute Gasteiger partial charge is 0.246 e. The number of rotatable bonds is 4. The highest BCUT2D eigenvalue weighted by molar-refractivity contribution is 7.99. The summed E-state index contributed by atoms with van der Waals surface area (Å²) in [5.41, 5.74) is 5.78. The van der Waals surface area contributed by atoms with Crippen LogP contribution in [0.15, 0.2) is 4.52 Å². The lowest BCUT2D eigenvalue weighted by Crippen LogP contribution is -2.35. The van der Waals surface area contributed by atoms with Crippen molar-refractivity contribution in [2.45, 2.75) is 50.3 Å². The predicted molar refractivity (Wildman–Crippen MR) is 65.2 cm³/mol. The lowest BCUT2D eigenvalue weighted by Gasteiger charge is -2.20. The molecule has 1 aromatic rings. The molecule has 1 unspecified atom stereocenters. The second-order valence-electron chi connectivity index (χ2n) is 4.32. The van der Waals surface area contributed by atoms with Crippen molar-refractivity contribution >= 4 is 11.8 Å². The largest absolute Gasteiger partial charge is 0.337 e. The first-order valence-electron chi connectivity index (χ1n) is 5.94. The van der Waals surface area contributed by atoms with E-state index in [1.54, 1.807) is 0 Å². The Bertz CT molecular complexity index is 343. The van der Waals surface area contributed by atoms with Crippen LogP contribution >= 0.6 is 11.8 Å². The van der Waals surface area contributed by atoms with Crippen molar-refractivity contribution in [3.8, 4) is 0 Å². The molecule has 0 bridgehead atoms. The number of hydrogen-bond acceptors (Lipinski definition) is 5. The van der Waals surface area contributed by atoms with E-state index in [9.17, 15) is 0 Å². The third-order valence-corrected chi connectivity index (χ3v) is 4.72. The number of aromatic nitrogens is 2. The summed E-state index contributed by atoms with van der Waals surface area (Å²) < 4.78 is 5.32. The van der Waals surface area contributed by atoms with E-state index in [4.69, 9.17) is 10.3 Å². The van der Waals surface area contributed by atoms with E-state index in [2.05, 4.69) is 24.0 Å². The fourth-order valence-electron chi connectivity index (χ4n) is 1.90. The minimum Gasteiger partial charge on any atom is -0.337 e. The summed E-state index contributed by atoms with van der Waals surface area (Å²) in [6, 6.07) is 0.